The number of rotatable bonds is 3. The van der Waals surface area contributed by atoms with Gasteiger partial charge in [0.1, 0.15) is 17.3 Å². The highest BCUT2D eigenvalue weighted by molar-refractivity contribution is 6.02. The molecule has 1 aliphatic heterocycles. The van der Waals surface area contributed by atoms with Crippen LogP contribution in [-0.2, 0) is 13.0 Å². The van der Waals surface area contributed by atoms with E-state index in [-0.39, 0.29) is 11.4 Å². The Morgan fingerprint density at radius 2 is 1.77 bits per heavy atom. The van der Waals surface area contributed by atoms with Gasteiger partial charge in [-0.05, 0) is 29.7 Å². The van der Waals surface area contributed by atoms with Crippen molar-refractivity contribution in [3.63, 3.8) is 0 Å². The van der Waals surface area contributed by atoms with Crippen LogP contribution in [-0.4, -0.2) is 22.4 Å². The van der Waals surface area contributed by atoms with Gasteiger partial charge in [-0.3, -0.25) is 4.79 Å². The Kier molecular flexibility index (Phi) is 4.31. The fourth-order valence-electron chi connectivity index (χ4n) is 3.04. The summed E-state index contributed by atoms with van der Waals surface area (Å²) in [4.78, 5) is 22.9. The van der Waals surface area contributed by atoms with Crippen LogP contribution in [0.25, 0.3) is 0 Å². The summed E-state index contributed by atoms with van der Waals surface area (Å²) in [5.41, 5.74) is 2.91. The van der Waals surface area contributed by atoms with Crippen LogP contribution in [0.4, 0.5) is 15.9 Å². The third-order valence-electron chi connectivity index (χ3n) is 4.45. The number of hydrogen-bond donors (Lipinski definition) is 1. The molecule has 2 aromatic carbocycles. The maximum atomic E-state index is 13.6. The number of amides is 1. The first kappa shape index (κ1) is 16.2. The van der Waals surface area contributed by atoms with Gasteiger partial charge in [-0.1, -0.05) is 36.4 Å². The lowest BCUT2D eigenvalue weighted by atomic mass is 10.0. The molecule has 4 rings (SSSR count). The second-order valence-corrected chi connectivity index (χ2v) is 6.13. The normalized spacial score (nSPS) is 13.2. The van der Waals surface area contributed by atoms with Gasteiger partial charge in [0.05, 0.1) is 18.1 Å². The smallest absolute Gasteiger partial charge is 0.275 e. The topological polar surface area (TPSA) is 58.1 Å². The van der Waals surface area contributed by atoms with Crippen molar-refractivity contribution in [2.24, 2.45) is 0 Å². The molecule has 0 aliphatic carbocycles. The van der Waals surface area contributed by atoms with Crippen LogP contribution in [0.5, 0.6) is 0 Å². The van der Waals surface area contributed by atoms with Crippen LogP contribution >= 0.6 is 0 Å². The van der Waals surface area contributed by atoms with Gasteiger partial charge in [0, 0.05) is 13.1 Å². The van der Waals surface area contributed by atoms with E-state index in [2.05, 4.69) is 38.4 Å². The van der Waals surface area contributed by atoms with Gasteiger partial charge >= 0.3 is 0 Å². The molecule has 1 aliphatic rings. The second kappa shape index (κ2) is 6.92. The minimum Gasteiger partial charge on any atom is -0.351 e. The Bertz CT molecular complexity index is 943. The first-order chi connectivity index (χ1) is 12.7. The summed E-state index contributed by atoms with van der Waals surface area (Å²) in [5, 5.41) is 2.51. The van der Waals surface area contributed by atoms with Crippen molar-refractivity contribution in [2.75, 3.05) is 16.8 Å². The molecule has 1 amide bonds. The number of carbonyl (C=O) groups excluding carboxylic acids is 1. The number of halogens is 1. The standard InChI is InChI=1S/C20H17FN4O/c21-16-7-3-4-8-17(16)24-20(26)18-11-23-19(12-22-18)25-10-9-14-5-1-2-6-15(14)13-25/h1-8,11-12H,9-10,13H2,(H,24,26). The molecule has 6 heteroatoms. The number of aromatic nitrogens is 2. The second-order valence-electron chi connectivity index (χ2n) is 6.13. The largest absolute Gasteiger partial charge is 0.351 e. The van der Waals surface area contributed by atoms with Gasteiger partial charge in [-0.25, -0.2) is 14.4 Å². The molecule has 0 fully saturated rings. The lowest BCUT2D eigenvalue weighted by molar-refractivity contribution is 0.102. The minimum absolute atomic E-state index is 0.121. The van der Waals surface area contributed by atoms with E-state index in [1.807, 2.05) is 6.07 Å². The van der Waals surface area contributed by atoms with Crippen molar-refractivity contribution in [3.8, 4) is 0 Å². The predicted molar refractivity (Wildman–Crippen MR) is 97.6 cm³/mol. The Morgan fingerprint density at radius 3 is 2.54 bits per heavy atom. The van der Waals surface area contributed by atoms with Crippen LogP contribution in [0.1, 0.15) is 21.6 Å². The summed E-state index contributed by atoms with van der Waals surface area (Å²) < 4.78 is 13.6. The van der Waals surface area contributed by atoms with Crippen LogP contribution in [0.15, 0.2) is 60.9 Å². The molecule has 0 spiro atoms. The first-order valence-electron chi connectivity index (χ1n) is 8.40. The van der Waals surface area contributed by atoms with E-state index in [0.29, 0.717) is 0 Å². The van der Waals surface area contributed by atoms with Crippen LogP contribution in [0, 0.1) is 5.82 Å². The zero-order valence-electron chi connectivity index (χ0n) is 14.0. The van der Waals surface area contributed by atoms with E-state index < -0.39 is 11.7 Å². The molecule has 26 heavy (non-hydrogen) atoms. The Labute approximate surface area is 150 Å². The molecule has 0 saturated carbocycles. The maximum Gasteiger partial charge on any atom is 0.275 e. The zero-order chi connectivity index (χ0) is 17.9. The van der Waals surface area contributed by atoms with Gasteiger partial charge in [0.2, 0.25) is 0 Å². The molecule has 0 saturated heterocycles. The zero-order valence-corrected chi connectivity index (χ0v) is 14.0. The number of benzene rings is 2. The number of anilines is 2. The van der Waals surface area contributed by atoms with Crippen molar-refractivity contribution in [3.05, 3.63) is 83.6 Å². The number of hydrogen-bond acceptors (Lipinski definition) is 4. The van der Waals surface area contributed by atoms with E-state index in [4.69, 9.17) is 0 Å². The van der Waals surface area contributed by atoms with Crippen molar-refractivity contribution in [1.29, 1.82) is 0 Å². The van der Waals surface area contributed by atoms with Crippen molar-refractivity contribution in [1.82, 2.24) is 9.97 Å². The third kappa shape index (κ3) is 3.26. The van der Waals surface area contributed by atoms with E-state index in [1.165, 1.54) is 29.5 Å². The minimum atomic E-state index is -0.489. The molecular formula is C20H17FN4O. The van der Waals surface area contributed by atoms with Gasteiger partial charge in [-0.15, -0.1) is 0 Å². The summed E-state index contributed by atoms with van der Waals surface area (Å²) in [5.74, 6) is -0.252. The maximum absolute atomic E-state index is 13.6. The first-order valence-corrected chi connectivity index (χ1v) is 8.40. The Balaban J connectivity index is 1.47. The molecule has 0 unspecified atom stereocenters. The average Bonchev–Trinajstić information content (AvgIpc) is 2.69. The summed E-state index contributed by atoms with van der Waals surface area (Å²) >= 11 is 0. The van der Waals surface area contributed by atoms with E-state index >= 15 is 0 Å². The summed E-state index contributed by atoms with van der Waals surface area (Å²) in [6.45, 7) is 1.62. The lowest BCUT2D eigenvalue weighted by Gasteiger charge is -2.29. The predicted octanol–water partition coefficient (Wildman–Crippen LogP) is 3.43. The highest BCUT2D eigenvalue weighted by Crippen LogP contribution is 2.22. The number of carbonyl (C=O) groups is 1. The number of fused-ring (bicyclic) bond motifs is 1. The molecule has 0 bridgehead atoms. The molecule has 5 nitrogen and oxygen atoms in total. The van der Waals surface area contributed by atoms with Gasteiger partial charge in [-0.2, -0.15) is 0 Å². The average molecular weight is 348 g/mol. The van der Waals surface area contributed by atoms with E-state index in [1.54, 1.807) is 18.3 Å². The van der Waals surface area contributed by atoms with E-state index in [0.717, 1.165) is 25.3 Å². The summed E-state index contributed by atoms with van der Waals surface area (Å²) in [7, 11) is 0. The van der Waals surface area contributed by atoms with Gasteiger partial charge in [0.25, 0.3) is 5.91 Å². The van der Waals surface area contributed by atoms with Gasteiger partial charge in [0.15, 0.2) is 0 Å². The molecule has 0 radical (unpaired) electrons. The monoisotopic (exact) mass is 348 g/mol. The number of para-hydroxylation sites is 1. The van der Waals surface area contributed by atoms with Gasteiger partial charge < -0.3 is 10.2 Å². The third-order valence-corrected chi connectivity index (χ3v) is 4.45. The molecule has 1 aromatic heterocycles. The summed E-state index contributed by atoms with van der Waals surface area (Å²) in [6.07, 6.45) is 3.96. The highest BCUT2D eigenvalue weighted by Gasteiger charge is 2.18. The molecule has 130 valence electrons. The quantitative estimate of drug-likeness (QED) is 0.788. The van der Waals surface area contributed by atoms with Crippen LogP contribution in [0.3, 0.4) is 0 Å². The molecule has 3 aromatic rings. The molecular weight excluding hydrogens is 331 g/mol. The molecule has 0 atom stereocenters. The Hall–Kier alpha value is -3.28. The molecule has 2 heterocycles. The summed E-state index contributed by atoms with van der Waals surface area (Å²) in [6, 6.07) is 14.4. The van der Waals surface area contributed by atoms with Crippen LogP contribution < -0.4 is 10.2 Å². The SMILES string of the molecule is O=C(Nc1ccccc1F)c1cnc(N2CCc3ccccc3C2)cn1. The fourth-order valence-corrected chi connectivity index (χ4v) is 3.04. The lowest BCUT2D eigenvalue weighted by Crippen LogP contribution is -2.31. The fraction of sp³-hybridized carbons (Fsp3) is 0.150. The van der Waals surface area contributed by atoms with E-state index in [9.17, 15) is 9.18 Å². The van der Waals surface area contributed by atoms with Crippen molar-refractivity contribution in [2.45, 2.75) is 13.0 Å². The highest BCUT2D eigenvalue weighted by atomic mass is 19.1. The number of nitrogens with one attached hydrogen (secondary N) is 1. The van der Waals surface area contributed by atoms with Crippen molar-refractivity contribution < 1.29 is 9.18 Å². The number of nitrogens with zero attached hydrogens (tertiary/aromatic N) is 3. The Morgan fingerprint density at radius 1 is 1.00 bits per heavy atom. The van der Waals surface area contributed by atoms with Crippen LogP contribution in [0.2, 0.25) is 0 Å². The van der Waals surface area contributed by atoms with Crippen molar-refractivity contribution >= 4 is 17.4 Å². The molecule has 1 N–H and O–H groups in total.